The van der Waals surface area contributed by atoms with E-state index in [1.54, 1.807) is 0 Å². The summed E-state index contributed by atoms with van der Waals surface area (Å²) in [7, 11) is -7.97. The van der Waals surface area contributed by atoms with Crippen LogP contribution in [0.4, 0.5) is 0 Å². The Morgan fingerprint density at radius 2 is 1.12 bits per heavy atom. The largest absolute Gasteiger partial charge is 0.411 e. The maximum absolute atomic E-state index is 7.44. The second kappa shape index (κ2) is 13.3. The van der Waals surface area contributed by atoms with Crippen LogP contribution in [0.3, 0.4) is 0 Å². The van der Waals surface area contributed by atoms with Gasteiger partial charge in [-0.1, -0.05) is 107 Å². The third-order valence-electron chi connectivity index (χ3n) is 10.3. The fourth-order valence-electron chi connectivity index (χ4n) is 4.26. The van der Waals surface area contributed by atoms with Crippen LogP contribution in [0.2, 0.25) is 74.0 Å². The molecule has 0 saturated carbocycles. The van der Waals surface area contributed by atoms with Gasteiger partial charge in [0.1, 0.15) is 6.10 Å². The average molecular weight is 643 g/mol. The summed E-state index contributed by atoms with van der Waals surface area (Å²) in [5, 5.41) is 0.225. The molecule has 0 amide bonds. The quantitative estimate of drug-likeness (QED) is 0.166. The summed E-state index contributed by atoms with van der Waals surface area (Å²) in [4.78, 5) is 0. The Hall–Kier alpha value is 0.188. The van der Waals surface area contributed by atoms with Crippen LogP contribution in [0.15, 0.2) is 24.4 Å². The highest BCUT2D eigenvalue weighted by molar-refractivity contribution is 6.81. The third-order valence-corrected chi connectivity index (χ3v) is 24.9. The average Bonchev–Trinajstić information content (AvgIpc) is 2.72. The third kappa shape index (κ3) is 10.4. The molecule has 0 aliphatic carbocycles. The summed E-state index contributed by atoms with van der Waals surface area (Å²) < 4.78 is 29.3. The predicted octanol–water partition coefficient (Wildman–Crippen LogP) is 10.6. The van der Waals surface area contributed by atoms with Gasteiger partial charge in [-0.3, -0.25) is 0 Å². The SMILES string of the molecule is C=CC[C@@H]1O[C@@H]([C@H](/C=C/[Si](C)(C)C)O[Si](C)(C)C(C)(C)C)[C@@H](O[Si](C)(C)C(C)(C)C)[C@@H](O[Si](C)(C)C(C)(C)C)[C@H]1C. The predicted molar refractivity (Wildman–Crippen MR) is 191 cm³/mol. The Morgan fingerprint density at radius 3 is 1.49 bits per heavy atom. The minimum atomic E-state index is -2.19. The van der Waals surface area contributed by atoms with E-state index >= 15 is 0 Å². The summed E-state index contributed by atoms with van der Waals surface area (Å²) in [5.41, 5.74) is 2.43. The van der Waals surface area contributed by atoms with Crippen molar-refractivity contribution >= 4 is 33.0 Å². The number of hydrogen-bond donors (Lipinski definition) is 0. The molecule has 1 rings (SSSR count). The standard InChI is InChI=1S/C33H70O4Si4/c1-21-22-26-25(2)28(36-40(17,18)32(6,7)8)30(37-41(19,20)33(9,10)11)29(34-26)27(23-24-38(12,13)14)35-39(15,16)31(3,4)5/h21,23-30H,1,22H2,2-20H3/b24-23+/t25-,26-,27-,28-,29-,30-/m0/s1. The molecule has 0 N–H and O–H groups in total. The Balaban J connectivity index is 3.95. The van der Waals surface area contributed by atoms with Crippen molar-refractivity contribution in [2.24, 2.45) is 5.92 Å². The summed E-state index contributed by atoms with van der Waals surface area (Å²) in [6, 6.07) is 0. The van der Waals surface area contributed by atoms with Crippen molar-refractivity contribution < 1.29 is 18.0 Å². The Bertz CT molecular complexity index is 885. The molecule has 0 aromatic heterocycles. The lowest BCUT2D eigenvalue weighted by Gasteiger charge is -2.54. The van der Waals surface area contributed by atoms with Crippen molar-refractivity contribution in [2.75, 3.05) is 0 Å². The van der Waals surface area contributed by atoms with Crippen molar-refractivity contribution in [3.05, 3.63) is 24.4 Å². The smallest absolute Gasteiger partial charge is 0.193 e. The van der Waals surface area contributed by atoms with E-state index in [0.717, 1.165) is 6.42 Å². The summed E-state index contributed by atoms with van der Waals surface area (Å²) in [5.74, 6) is 0.169. The van der Waals surface area contributed by atoms with Crippen LogP contribution in [-0.4, -0.2) is 63.5 Å². The van der Waals surface area contributed by atoms with Crippen LogP contribution in [0.5, 0.6) is 0 Å². The molecule has 0 aromatic carbocycles. The molecule has 242 valence electrons. The monoisotopic (exact) mass is 642 g/mol. The topological polar surface area (TPSA) is 36.9 Å². The lowest BCUT2D eigenvalue weighted by atomic mass is 9.85. The number of rotatable bonds is 11. The van der Waals surface area contributed by atoms with E-state index in [2.05, 4.69) is 147 Å². The molecular formula is C33H70O4Si4. The van der Waals surface area contributed by atoms with Crippen LogP contribution >= 0.6 is 0 Å². The van der Waals surface area contributed by atoms with Gasteiger partial charge in [-0.15, -0.1) is 6.58 Å². The first-order valence-corrected chi connectivity index (χ1v) is 28.3. The molecule has 0 unspecified atom stereocenters. The molecule has 1 aliphatic heterocycles. The highest BCUT2D eigenvalue weighted by atomic mass is 28.4. The highest BCUT2D eigenvalue weighted by Gasteiger charge is 2.55. The maximum atomic E-state index is 7.44. The lowest BCUT2D eigenvalue weighted by molar-refractivity contribution is -0.204. The van der Waals surface area contributed by atoms with Gasteiger partial charge in [0, 0.05) is 5.92 Å². The first-order valence-electron chi connectivity index (χ1n) is 16.0. The van der Waals surface area contributed by atoms with E-state index in [-0.39, 0.29) is 51.6 Å². The first-order chi connectivity index (χ1) is 18.0. The van der Waals surface area contributed by atoms with E-state index in [0.29, 0.717) is 0 Å². The van der Waals surface area contributed by atoms with E-state index in [9.17, 15) is 0 Å². The summed E-state index contributed by atoms with van der Waals surface area (Å²) in [6.45, 7) is 48.6. The Labute approximate surface area is 260 Å². The van der Waals surface area contributed by atoms with Gasteiger partial charge >= 0.3 is 0 Å². The molecule has 1 fully saturated rings. The van der Waals surface area contributed by atoms with Crippen molar-refractivity contribution in [2.45, 2.75) is 180 Å². The van der Waals surface area contributed by atoms with E-state index in [1.807, 2.05) is 6.08 Å². The van der Waals surface area contributed by atoms with Gasteiger partial charge in [-0.2, -0.15) is 0 Å². The fraction of sp³-hybridized carbons (Fsp3) is 0.879. The molecule has 0 spiro atoms. The van der Waals surface area contributed by atoms with E-state index < -0.39 is 33.0 Å². The minimum absolute atomic E-state index is 0.00247. The van der Waals surface area contributed by atoms with Crippen LogP contribution in [0.1, 0.15) is 75.7 Å². The summed E-state index contributed by atoms with van der Waals surface area (Å²) in [6.07, 6.45) is 4.34. The molecule has 1 heterocycles. The number of hydrogen-bond acceptors (Lipinski definition) is 4. The molecule has 41 heavy (non-hydrogen) atoms. The van der Waals surface area contributed by atoms with Crippen LogP contribution in [-0.2, 0) is 18.0 Å². The molecule has 4 nitrogen and oxygen atoms in total. The van der Waals surface area contributed by atoms with Crippen LogP contribution < -0.4 is 0 Å². The maximum Gasteiger partial charge on any atom is 0.193 e. The Morgan fingerprint density at radius 1 is 0.707 bits per heavy atom. The van der Waals surface area contributed by atoms with Crippen LogP contribution in [0.25, 0.3) is 0 Å². The van der Waals surface area contributed by atoms with Crippen molar-refractivity contribution in [1.82, 2.24) is 0 Å². The zero-order valence-electron chi connectivity index (χ0n) is 30.7. The lowest BCUT2D eigenvalue weighted by Crippen LogP contribution is -2.65. The molecule has 0 aromatic rings. The summed E-state index contributed by atoms with van der Waals surface area (Å²) >= 11 is 0. The van der Waals surface area contributed by atoms with Gasteiger partial charge < -0.3 is 18.0 Å². The normalized spacial score (nSPS) is 26.9. The molecule has 1 aliphatic rings. The molecule has 0 radical (unpaired) electrons. The van der Waals surface area contributed by atoms with Gasteiger partial charge in [0.2, 0.25) is 0 Å². The van der Waals surface area contributed by atoms with Crippen molar-refractivity contribution in [3.8, 4) is 0 Å². The zero-order chi connectivity index (χ0) is 32.6. The molecule has 6 atom stereocenters. The highest BCUT2D eigenvalue weighted by Crippen LogP contribution is 2.46. The second-order valence-electron chi connectivity index (χ2n) is 18.3. The van der Waals surface area contributed by atoms with Crippen LogP contribution in [0, 0.1) is 5.92 Å². The molecule has 0 bridgehead atoms. The van der Waals surface area contributed by atoms with Gasteiger partial charge in [0.25, 0.3) is 0 Å². The van der Waals surface area contributed by atoms with Crippen molar-refractivity contribution in [1.29, 1.82) is 0 Å². The van der Waals surface area contributed by atoms with Crippen molar-refractivity contribution in [3.63, 3.8) is 0 Å². The fourth-order valence-corrected chi connectivity index (χ4v) is 8.96. The molecular weight excluding hydrogens is 573 g/mol. The second-order valence-corrected chi connectivity index (χ2v) is 37.6. The van der Waals surface area contributed by atoms with E-state index in [4.69, 9.17) is 18.0 Å². The molecule has 1 saturated heterocycles. The first kappa shape index (κ1) is 39.2. The van der Waals surface area contributed by atoms with Gasteiger partial charge in [0.15, 0.2) is 25.0 Å². The van der Waals surface area contributed by atoms with E-state index in [1.165, 1.54) is 0 Å². The molecule has 8 heteroatoms. The minimum Gasteiger partial charge on any atom is -0.411 e. The van der Waals surface area contributed by atoms with Gasteiger partial charge in [-0.25, -0.2) is 0 Å². The zero-order valence-corrected chi connectivity index (χ0v) is 34.7. The van der Waals surface area contributed by atoms with Gasteiger partial charge in [0.05, 0.1) is 32.5 Å². The Kier molecular flexibility index (Phi) is 12.7. The number of ether oxygens (including phenoxy) is 1. The van der Waals surface area contributed by atoms with Gasteiger partial charge in [-0.05, 0) is 60.8 Å².